The average Bonchev–Trinajstić information content (AvgIpc) is 4.29. The highest BCUT2D eigenvalue weighted by molar-refractivity contribution is 6.11. The molecule has 1 heterocycles. The molecule has 0 N–H and O–H groups in total. The molecule has 0 atom stereocenters. The topological polar surface area (TPSA) is 8.17 Å². The zero-order valence-electron chi connectivity index (χ0n) is 41.8. The van der Waals surface area contributed by atoms with Gasteiger partial charge in [0.1, 0.15) is 0 Å². The summed E-state index contributed by atoms with van der Waals surface area (Å²) < 4.78 is 2.45. The van der Waals surface area contributed by atoms with Gasteiger partial charge in [-0.2, -0.15) is 0 Å². The lowest BCUT2D eigenvalue weighted by Gasteiger charge is -2.35. The summed E-state index contributed by atoms with van der Waals surface area (Å²) in [4.78, 5) is 2.47. The lowest BCUT2D eigenvalue weighted by molar-refractivity contribution is 0.768. The molecule has 0 aliphatic heterocycles. The van der Waals surface area contributed by atoms with Crippen LogP contribution in [0.5, 0.6) is 0 Å². The molecule has 0 saturated carbocycles. The zero-order chi connectivity index (χ0) is 50.2. The molecule has 15 rings (SSSR count). The van der Waals surface area contributed by atoms with Gasteiger partial charge in [0.15, 0.2) is 0 Å². The number of aromatic nitrogens is 1. The molecular formula is C74H50N2. The molecule has 0 amide bonds. The molecule has 2 heteroatoms. The first-order chi connectivity index (χ1) is 37.7. The number of benzene rings is 12. The first-order valence-electron chi connectivity index (χ1n) is 26.4. The Bertz CT molecular complexity index is 4230. The highest BCUT2D eigenvalue weighted by Crippen LogP contribution is 2.59. The first-order valence-corrected chi connectivity index (χ1v) is 26.4. The van der Waals surface area contributed by atoms with E-state index in [2.05, 4.69) is 313 Å². The van der Waals surface area contributed by atoms with E-state index in [1.54, 1.807) is 0 Å². The maximum Gasteiger partial charge on any atom is 0.0714 e. The van der Waals surface area contributed by atoms with Crippen molar-refractivity contribution in [2.45, 2.75) is 10.8 Å². The largest absolute Gasteiger partial charge is 0.310 e. The molecule has 2 aliphatic rings. The van der Waals surface area contributed by atoms with E-state index < -0.39 is 10.8 Å². The van der Waals surface area contributed by atoms with Crippen LogP contribution < -0.4 is 4.90 Å². The molecule has 356 valence electrons. The molecule has 76 heavy (non-hydrogen) atoms. The van der Waals surface area contributed by atoms with E-state index in [0.29, 0.717) is 0 Å². The van der Waals surface area contributed by atoms with Crippen molar-refractivity contribution in [1.82, 2.24) is 4.57 Å². The van der Waals surface area contributed by atoms with Crippen molar-refractivity contribution < 1.29 is 0 Å². The van der Waals surface area contributed by atoms with Gasteiger partial charge in [0.25, 0.3) is 0 Å². The number of anilines is 3. The van der Waals surface area contributed by atoms with Gasteiger partial charge in [0, 0.05) is 33.5 Å². The zero-order valence-corrected chi connectivity index (χ0v) is 41.8. The molecule has 0 fully saturated rings. The number of nitrogens with zero attached hydrogens (tertiary/aromatic N) is 2. The fourth-order valence-corrected chi connectivity index (χ4v) is 13.4. The Morgan fingerprint density at radius 3 is 1.17 bits per heavy atom. The number of hydrogen-bond donors (Lipinski definition) is 0. The van der Waals surface area contributed by atoms with Crippen molar-refractivity contribution in [1.29, 1.82) is 0 Å². The molecule has 0 spiro atoms. The van der Waals surface area contributed by atoms with Crippen LogP contribution >= 0.6 is 0 Å². The first kappa shape index (κ1) is 43.8. The van der Waals surface area contributed by atoms with Crippen LogP contribution in [0.3, 0.4) is 0 Å². The van der Waals surface area contributed by atoms with Crippen molar-refractivity contribution in [2.24, 2.45) is 0 Å². The summed E-state index contributed by atoms with van der Waals surface area (Å²) in [5, 5.41) is 2.38. The number of hydrogen-bond acceptors (Lipinski definition) is 1. The van der Waals surface area contributed by atoms with Crippen LogP contribution in [0.15, 0.2) is 303 Å². The summed E-state index contributed by atoms with van der Waals surface area (Å²) in [5.74, 6) is 0. The van der Waals surface area contributed by atoms with Crippen molar-refractivity contribution in [3.63, 3.8) is 0 Å². The van der Waals surface area contributed by atoms with Crippen molar-refractivity contribution >= 4 is 38.9 Å². The minimum Gasteiger partial charge on any atom is -0.310 e. The van der Waals surface area contributed by atoms with Crippen LogP contribution in [0.2, 0.25) is 0 Å². The molecule has 1 aromatic heterocycles. The van der Waals surface area contributed by atoms with Gasteiger partial charge in [-0.25, -0.2) is 0 Å². The van der Waals surface area contributed by atoms with E-state index >= 15 is 0 Å². The Morgan fingerprint density at radius 1 is 0.250 bits per heavy atom. The third-order valence-electron chi connectivity index (χ3n) is 16.5. The highest BCUT2D eigenvalue weighted by atomic mass is 15.1. The van der Waals surface area contributed by atoms with Crippen molar-refractivity contribution in [2.75, 3.05) is 4.90 Å². The second kappa shape index (κ2) is 17.4. The Balaban J connectivity index is 0.998. The van der Waals surface area contributed by atoms with Crippen LogP contribution in [0.1, 0.15) is 44.5 Å². The molecule has 2 aliphatic carbocycles. The maximum absolute atomic E-state index is 2.51. The van der Waals surface area contributed by atoms with E-state index in [9.17, 15) is 0 Å². The van der Waals surface area contributed by atoms with Crippen LogP contribution in [-0.4, -0.2) is 4.57 Å². The Morgan fingerprint density at radius 2 is 0.632 bits per heavy atom. The number of fused-ring (bicyclic) bond motifs is 9. The molecule has 13 aromatic rings. The lowest BCUT2D eigenvalue weighted by atomic mass is 9.67. The standard InChI is InChI=1S/C74H50N2/c1-6-22-51(23-7-1)52-38-41-58(42-39-52)75(60-43-45-64-63-34-18-19-35-67(63)73(70(64)50-60,53-24-8-2-9-25-53)54-26-10-3-11-27-54)59-44-47-72-66(49-59)65-48-56(40-46-71(65)76(72)57-30-14-5-15-31-57)74(55-28-12-4-13-29-55)68-36-20-16-32-61(68)62-33-17-21-37-69(62)74/h1-50H. The summed E-state index contributed by atoms with van der Waals surface area (Å²) in [6.45, 7) is 0. The minimum absolute atomic E-state index is 0.542. The average molecular weight is 967 g/mol. The molecule has 0 radical (unpaired) electrons. The lowest BCUT2D eigenvalue weighted by Crippen LogP contribution is -2.28. The van der Waals surface area contributed by atoms with Crippen molar-refractivity contribution in [3.05, 3.63) is 348 Å². The summed E-state index contributed by atoms with van der Waals surface area (Å²) >= 11 is 0. The molecular weight excluding hydrogens is 917 g/mol. The molecule has 2 nitrogen and oxygen atoms in total. The summed E-state index contributed by atoms with van der Waals surface area (Å²) in [7, 11) is 0. The van der Waals surface area contributed by atoms with Crippen molar-refractivity contribution in [3.8, 4) is 39.1 Å². The summed E-state index contributed by atoms with van der Waals surface area (Å²) in [6, 6.07) is 113. The summed E-state index contributed by atoms with van der Waals surface area (Å²) in [6.07, 6.45) is 0. The molecule has 0 unspecified atom stereocenters. The van der Waals surface area contributed by atoms with E-state index in [-0.39, 0.29) is 0 Å². The van der Waals surface area contributed by atoms with E-state index in [1.165, 1.54) is 88.7 Å². The van der Waals surface area contributed by atoms with Gasteiger partial charge >= 0.3 is 0 Å². The van der Waals surface area contributed by atoms with Gasteiger partial charge < -0.3 is 9.47 Å². The smallest absolute Gasteiger partial charge is 0.0714 e. The van der Waals surface area contributed by atoms with Crippen LogP contribution in [0.4, 0.5) is 17.1 Å². The maximum atomic E-state index is 2.51. The third-order valence-corrected chi connectivity index (χ3v) is 16.5. The third kappa shape index (κ3) is 6.41. The SMILES string of the molecule is c1ccc(-c2ccc(N(c3ccc4c(c3)C(c3ccccc3)(c3ccccc3)c3ccccc3-4)c3ccc4c(c3)c3cc(C5(c6ccccc6)c6ccccc6-c6ccccc65)ccc3n4-c3ccccc3)cc2)cc1. The van der Waals surface area contributed by atoms with Gasteiger partial charge in [-0.3, -0.25) is 0 Å². The van der Waals surface area contributed by atoms with E-state index in [4.69, 9.17) is 0 Å². The molecule has 0 bridgehead atoms. The second-order valence-electron chi connectivity index (χ2n) is 20.3. The molecule has 12 aromatic carbocycles. The normalized spacial score (nSPS) is 13.5. The Hall–Kier alpha value is -9.76. The predicted octanol–water partition coefficient (Wildman–Crippen LogP) is 18.6. The van der Waals surface area contributed by atoms with Gasteiger partial charge in [-0.05, 0) is 145 Å². The fourth-order valence-electron chi connectivity index (χ4n) is 13.4. The fraction of sp³-hybridized carbons (Fsp3) is 0.0270. The predicted molar refractivity (Wildman–Crippen MR) is 316 cm³/mol. The highest BCUT2D eigenvalue weighted by Gasteiger charge is 2.48. The quantitative estimate of drug-likeness (QED) is 0.140. The van der Waals surface area contributed by atoms with Gasteiger partial charge in [-0.15, -0.1) is 0 Å². The van der Waals surface area contributed by atoms with Gasteiger partial charge in [0.05, 0.1) is 21.9 Å². The summed E-state index contributed by atoms with van der Waals surface area (Å²) in [5.41, 5.74) is 23.2. The number of rotatable bonds is 9. The second-order valence-corrected chi connectivity index (χ2v) is 20.3. The monoisotopic (exact) mass is 966 g/mol. The molecule has 0 saturated heterocycles. The van der Waals surface area contributed by atoms with Gasteiger partial charge in [0.2, 0.25) is 0 Å². The Kier molecular flexibility index (Phi) is 10.0. The van der Waals surface area contributed by atoms with Crippen LogP contribution in [-0.2, 0) is 10.8 Å². The minimum atomic E-state index is -0.553. The van der Waals surface area contributed by atoms with E-state index in [0.717, 1.165) is 33.8 Å². The van der Waals surface area contributed by atoms with Gasteiger partial charge in [-0.1, -0.05) is 237 Å². The van der Waals surface area contributed by atoms with Crippen LogP contribution in [0, 0.1) is 0 Å². The number of para-hydroxylation sites is 1. The van der Waals surface area contributed by atoms with Crippen LogP contribution in [0.25, 0.3) is 60.9 Å². The van der Waals surface area contributed by atoms with E-state index in [1.807, 2.05) is 0 Å². The Labute approximate surface area is 443 Å².